The topological polar surface area (TPSA) is 34.0 Å². The van der Waals surface area contributed by atoms with Crippen molar-refractivity contribution in [2.45, 2.75) is 26.9 Å². The molecule has 0 saturated heterocycles. The maximum atomic E-state index is 11.6. The van der Waals surface area contributed by atoms with Crippen LogP contribution >= 0.6 is 0 Å². The number of pyridine rings is 1. The van der Waals surface area contributed by atoms with Crippen molar-refractivity contribution in [3.63, 3.8) is 0 Å². The number of hydrogen-bond donors (Lipinski definition) is 1. The molecule has 0 unspecified atom stereocenters. The zero-order valence-corrected chi connectivity index (χ0v) is 8.21. The van der Waals surface area contributed by atoms with E-state index in [0.29, 0.717) is 6.54 Å². The summed E-state index contributed by atoms with van der Waals surface area (Å²) in [6.07, 6.45) is 1.82. The summed E-state index contributed by atoms with van der Waals surface area (Å²) in [6.45, 7) is 6.29. The Balaban J connectivity index is 2.88. The van der Waals surface area contributed by atoms with Gasteiger partial charge in [0.2, 0.25) is 0 Å². The molecule has 0 aliphatic carbocycles. The Morgan fingerprint density at radius 3 is 2.85 bits per heavy atom. The second kappa shape index (κ2) is 4.82. The van der Waals surface area contributed by atoms with Gasteiger partial charge in [0.1, 0.15) is 0 Å². The molecule has 3 heteroatoms. The van der Waals surface area contributed by atoms with Crippen LogP contribution in [-0.4, -0.2) is 11.1 Å². The van der Waals surface area contributed by atoms with Gasteiger partial charge in [0.15, 0.2) is 0 Å². The van der Waals surface area contributed by atoms with Gasteiger partial charge in [-0.25, -0.2) is 0 Å². The summed E-state index contributed by atoms with van der Waals surface area (Å²) in [4.78, 5) is 11.6. The van der Waals surface area contributed by atoms with Crippen molar-refractivity contribution in [3.05, 3.63) is 34.2 Å². The molecule has 0 aromatic carbocycles. The van der Waals surface area contributed by atoms with E-state index in [-0.39, 0.29) is 5.56 Å². The molecular weight excluding hydrogens is 164 g/mol. The Bertz CT molecular complexity index is 317. The monoisotopic (exact) mass is 180 g/mol. The lowest BCUT2D eigenvalue weighted by Crippen LogP contribution is -2.26. The third-order valence-electron chi connectivity index (χ3n) is 2.01. The first kappa shape index (κ1) is 9.99. The smallest absolute Gasteiger partial charge is 0.255 e. The van der Waals surface area contributed by atoms with Crippen LogP contribution in [0.1, 0.15) is 19.4 Å². The van der Waals surface area contributed by atoms with Gasteiger partial charge in [-0.1, -0.05) is 13.0 Å². The quantitative estimate of drug-likeness (QED) is 0.749. The third-order valence-corrected chi connectivity index (χ3v) is 2.01. The lowest BCUT2D eigenvalue weighted by atomic mass is 10.2. The third kappa shape index (κ3) is 2.42. The van der Waals surface area contributed by atoms with Crippen molar-refractivity contribution in [2.75, 3.05) is 6.54 Å². The molecule has 3 nitrogen and oxygen atoms in total. The van der Waals surface area contributed by atoms with Gasteiger partial charge in [0.25, 0.3) is 5.56 Å². The van der Waals surface area contributed by atoms with E-state index in [2.05, 4.69) is 5.32 Å². The fraction of sp³-hybridized carbons (Fsp3) is 0.500. The predicted octanol–water partition coefficient (Wildman–Crippen LogP) is 0.978. The van der Waals surface area contributed by atoms with Crippen molar-refractivity contribution >= 4 is 0 Å². The van der Waals surface area contributed by atoms with Gasteiger partial charge < -0.3 is 9.88 Å². The molecule has 0 spiro atoms. The lowest BCUT2D eigenvalue weighted by Gasteiger charge is -2.05. The van der Waals surface area contributed by atoms with Crippen molar-refractivity contribution in [1.29, 1.82) is 0 Å². The Hall–Kier alpha value is -1.09. The van der Waals surface area contributed by atoms with Gasteiger partial charge in [0, 0.05) is 24.8 Å². The molecular formula is C10H16N2O. The fourth-order valence-corrected chi connectivity index (χ4v) is 1.23. The van der Waals surface area contributed by atoms with E-state index in [1.54, 1.807) is 4.57 Å². The Morgan fingerprint density at radius 1 is 1.46 bits per heavy atom. The van der Waals surface area contributed by atoms with E-state index in [0.717, 1.165) is 18.7 Å². The standard InChI is InChI=1S/C10H16N2O/c1-3-11-8-9-6-5-7-12(4-2)10(9)13/h5-7,11H,3-4,8H2,1-2H3. The Labute approximate surface area is 78.4 Å². The molecule has 1 aromatic rings. The molecule has 1 aromatic heterocycles. The molecule has 0 amide bonds. The van der Waals surface area contributed by atoms with E-state index in [1.165, 1.54) is 0 Å². The molecule has 72 valence electrons. The average Bonchev–Trinajstić information content (AvgIpc) is 2.16. The number of hydrogen-bond acceptors (Lipinski definition) is 2. The predicted molar refractivity (Wildman–Crippen MR) is 53.8 cm³/mol. The molecule has 0 aliphatic rings. The molecule has 0 atom stereocenters. The summed E-state index contributed by atoms with van der Waals surface area (Å²) in [5.74, 6) is 0. The minimum absolute atomic E-state index is 0.117. The summed E-state index contributed by atoms with van der Waals surface area (Å²) < 4.78 is 1.71. The molecule has 13 heavy (non-hydrogen) atoms. The van der Waals surface area contributed by atoms with Crippen molar-refractivity contribution in [2.24, 2.45) is 0 Å². The summed E-state index contributed by atoms with van der Waals surface area (Å²) in [6, 6.07) is 3.79. The highest BCUT2D eigenvalue weighted by Crippen LogP contribution is 1.91. The summed E-state index contributed by atoms with van der Waals surface area (Å²) in [5.41, 5.74) is 0.956. The highest BCUT2D eigenvalue weighted by Gasteiger charge is 1.99. The summed E-state index contributed by atoms with van der Waals surface area (Å²) in [5, 5.41) is 3.14. The van der Waals surface area contributed by atoms with Crippen LogP contribution in [0.15, 0.2) is 23.1 Å². The zero-order valence-electron chi connectivity index (χ0n) is 8.21. The largest absolute Gasteiger partial charge is 0.316 e. The van der Waals surface area contributed by atoms with E-state index in [4.69, 9.17) is 0 Å². The van der Waals surface area contributed by atoms with E-state index in [1.807, 2.05) is 32.2 Å². The Morgan fingerprint density at radius 2 is 2.23 bits per heavy atom. The van der Waals surface area contributed by atoms with Crippen LogP contribution in [0.3, 0.4) is 0 Å². The van der Waals surface area contributed by atoms with E-state index < -0.39 is 0 Å². The lowest BCUT2D eigenvalue weighted by molar-refractivity contribution is 0.678. The molecule has 0 fully saturated rings. The van der Waals surface area contributed by atoms with Gasteiger partial charge in [0.05, 0.1) is 0 Å². The Kier molecular flexibility index (Phi) is 3.71. The number of nitrogens with one attached hydrogen (secondary N) is 1. The van der Waals surface area contributed by atoms with Gasteiger partial charge in [-0.15, -0.1) is 0 Å². The second-order valence-corrected chi connectivity index (χ2v) is 2.90. The average molecular weight is 180 g/mol. The van der Waals surface area contributed by atoms with Gasteiger partial charge in [-0.05, 0) is 19.5 Å². The minimum atomic E-state index is 0.117. The maximum absolute atomic E-state index is 11.6. The van der Waals surface area contributed by atoms with Crippen molar-refractivity contribution in [3.8, 4) is 0 Å². The zero-order chi connectivity index (χ0) is 9.68. The van der Waals surface area contributed by atoms with Gasteiger partial charge in [-0.2, -0.15) is 0 Å². The van der Waals surface area contributed by atoms with Gasteiger partial charge >= 0.3 is 0 Å². The highest BCUT2D eigenvalue weighted by atomic mass is 16.1. The second-order valence-electron chi connectivity index (χ2n) is 2.90. The number of nitrogens with zero attached hydrogens (tertiary/aromatic N) is 1. The normalized spacial score (nSPS) is 10.3. The van der Waals surface area contributed by atoms with Crippen LogP contribution in [0.2, 0.25) is 0 Å². The van der Waals surface area contributed by atoms with E-state index in [9.17, 15) is 4.79 Å². The van der Waals surface area contributed by atoms with Crippen LogP contribution in [0.25, 0.3) is 0 Å². The SMILES string of the molecule is CCNCc1cccn(CC)c1=O. The van der Waals surface area contributed by atoms with Crippen LogP contribution < -0.4 is 10.9 Å². The summed E-state index contributed by atoms with van der Waals surface area (Å²) in [7, 11) is 0. The minimum Gasteiger partial charge on any atom is -0.316 e. The molecule has 1 N–H and O–H groups in total. The molecule has 0 aliphatic heterocycles. The molecule has 1 rings (SSSR count). The van der Waals surface area contributed by atoms with Gasteiger partial charge in [-0.3, -0.25) is 4.79 Å². The van der Waals surface area contributed by atoms with E-state index >= 15 is 0 Å². The first-order chi connectivity index (χ1) is 6.29. The van der Waals surface area contributed by atoms with Crippen LogP contribution in [-0.2, 0) is 13.1 Å². The van der Waals surface area contributed by atoms with Crippen LogP contribution in [0.4, 0.5) is 0 Å². The van der Waals surface area contributed by atoms with Crippen LogP contribution in [0.5, 0.6) is 0 Å². The summed E-state index contributed by atoms with van der Waals surface area (Å²) >= 11 is 0. The van der Waals surface area contributed by atoms with Crippen LogP contribution in [0, 0.1) is 0 Å². The fourth-order valence-electron chi connectivity index (χ4n) is 1.23. The number of aromatic nitrogens is 1. The molecule has 1 heterocycles. The highest BCUT2D eigenvalue weighted by molar-refractivity contribution is 5.09. The maximum Gasteiger partial charge on any atom is 0.255 e. The number of aryl methyl sites for hydroxylation is 1. The molecule has 0 bridgehead atoms. The first-order valence-corrected chi connectivity index (χ1v) is 4.68. The van der Waals surface area contributed by atoms with Crippen molar-refractivity contribution < 1.29 is 0 Å². The number of rotatable bonds is 4. The molecule has 0 radical (unpaired) electrons. The first-order valence-electron chi connectivity index (χ1n) is 4.68. The molecule has 0 saturated carbocycles. The van der Waals surface area contributed by atoms with Crippen molar-refractivity contribution in [1.82, 2.24) is 9.88 Å².